The third-order valence-electron chi connectivity index (χ3n) is 2.16. The standard InChI is InChI=1S/C10H8N4O4S/c11-9(13-15)7-5-6(14(16)17)1-2-8(7)19-10-12-3-4-18-10/h1-5,15H,(H2,11,13). The van der Waals surface area contributed by atoms with Crippen LogP contribution in [0.1, 0.15) is 5.56 Å². The third-order valence-corrected chi connectivity index (χ3v) is 3.12. The van der Waals surface area contributed by atoms with E-state index < -0.39 is 4.92 Å². The largest absolute Gasteiger partial charge is 0.440 e. The molecule has 0 aliphatic rings. The van der Waals surface area contributed by atoms with Gasteiger partial charge in [-0.2, -0.15) is 0 Å². The fourth-order valence-electron chi connectivity index (χ4n) is 1.33. The second-order valence-corrected chi connectivity index (χ2v) is 4.32. The number of aromatic nitrogens is 1. The molecule has 1 aromatic heterocycles. The molecule has 0 aliphatic carbocycles. The van der Waals surface area contributed by atoms with Gasteiger partial charge in [-0.25, -0.2) is 4.98 Å². The molecule has 0 radical (unpaired) electrons. The number of rotatable bonds is 4. The van der Waals surface area contributed by atoms with Crippen LogP contribution in [0, 0.1) is 10.1 Å². The molecule has 98 valence electrons. The van der Waals surface area contributed by atoms with Gasteiger partial charge in [-0.15, -0.1) is 0 Å². The minimum Gasteiger partial charge on any atom is -0.440 e. The molecule has 0 aliphatic heterocycles. The highest BCUT2D eigenvalue weighted by Gasteiger charge is 2.16. The van der Waals surface area contributed by atoms with E-state index in [0.717, 1.165) is 11.8 Å². The molecule has 0 fully saturated rings. The van der Waals surface area contributed by atoms with Crippen molar-refractivity contribution in [3.05, 3.63) is 46.3 Å². The summed E-state index contributed by atoms with van der Waals surface area (Å²) in [7, 11) is 0. The molecule has 2 aromatic rings. The van der Waals surface area contributed by atoms with Crippen LogP contribution in [0.15, 0.2) is 50.4 Å². The third kappa shape index (κ3) is 2.83. The quantitative estimate of drug-likeness (QED) is 0.287. The van der Waals surface area contributed by atoms with Crippen molar-refractivity contribution in [3.63, 3.8) is 0 Å². The summed E-state index contributed by atoms with van der Waals surface area (Å²) in [5.41, 5.74) is 5.59. The molecule has 0 atom stereocenters. The highest BCUT2D eigenvalue weighted by atomic mass is 32.2. The maximum absolute atomic E-state index is 10.7. The molecule has 2 rings (SSSR count). The van der Waals surface area contributed by atoms with Gasteiger partial charge < -0.3 is 15.4 Å². The van der Waals surface area contributed by atoms with Crippen molar-refractivity contribution in [2.75, 3.05) is 0 Å². The van der Waals surface area contributed by atoms with Gasteiger partial charge in [-0.3, -0.25) is 10.1 Å². The van der Waals surface area contributed by atoms with Crippen LogP contribution < -0.4 is 5.73 Å². The number of amidine groups is 1. The van der Waals surface area contributed by atoms with Crippen LogP contribution in [-0.4, -0.2) is 21.0 Å². The Labute approximate surface area is 111 Å². The molecule has 0 bridgehead atoms. The summed E-state index contributed by atoms with van der Waals surface area (Å²) in [4.78, 5) is 14.6. The summed E-state index contributed by atoms with van der Waals surface area (Å²) < 4.78 is 5.06. The Morgan fingerprint density at radius 2 is 2.37 bits per heavy atom. The SMILES string of the molecule is N/C(=N/O)c1cc([N+](=O)[O-])ccc1Sc1ncco1. The number of non-ortho nitro benzene ring substituents is 1. The number of oxazole rings is 1. The molecule has 8 nitrogen and oxygen atoms in total. The van der Waals surface area contributed by atoms with Crippen molar-refractivity contribution in [1.82, 2.24) is 4.98 Å². The zero-order valence-corrected chi connectivity index (χ0v) is 10.2. The van der Waals surface area contributed by atoms with E-state index in [1.807, 2.05) is 0 Å². The van der Waals surface area contributed by atoms with Crippen molar-refractivity contribution < 1.29 is 14.5 Å². The van der Waals surface area contributed by atoms with Crippen LogP contribution in [0.5, 0.6) is 0 Å². The Kier molecular flexibility index (Phi) is 3.66. The molecule has 19 heavy (non-hydrogen) atoms. The Hall–Kier alpha value is -2.55. The summed E-state index contributed by atoms with van der Waals surface area (Å²) in [6.45, 7) is 0. The number of hydrogen-bond donors (Lipinski definition) is 2. The molecule has 3 N–H and O–H groups in total. The Balaban J connectivity index is 2.44. The molecular formula is C10H8N4O4S. The molecule has 0 amide bonds. The van der Waals surface area contributed by atoms with E-state index in [-0.39, 0.29) is 17.1 Å². The summed E-state index contributed by atoms with van der Waals surface area (Å²) >= 11 is 1.11. The molecule has 0 unspecified atom stereocenters. The van der Waals surface area contributed by atoms with Crippen LogP contribution in [0.4, 0.5) is 5.69 Å². The fraction of sp³-hybridized carbons (Fsp3) is 0. The Morgan fingerprint density at radius 3 is 2.95 bits per heavy atom. The van der Waals surface area contributed by atoms with Gasteiger partial charge in [0, 0.05) is 22.6 Å². The first-order valence-corrected chi connectivity index (χ1v) is 5.77. The molecule has 0 saturated heterocycles. The first-order valence-electron chi connectivity index (χ1n) is 4.95. The highest BCUT2D eigenvalue weighted by molar-refractivity contribution is 7.99. The molecule has 9 heteroatoms. The smallest absolute Gasteiger partial charge is 0.270 e. The average Bonchev–Trinajstić information content (AvgIpc) is 2.91. The lowest BCUT2D eigenvalue weighted by molar-refractivity contribution is -0.384. The lowest BCUT2D eigenvalue weighted by Gasteiger charge is -2.05. The van der Waals surface area contributed by atoms with E-state index in [1.54, 1.807) is 0 Å². The molecule has 1 aromatic carbocycles. The van der Waals surface area contributed by atoms with Gasteiger partial charge in [0.05, 0.1) is 11.1 Å². The van der Waals surface area contributed by atoms with Gasteiger partial charge in [0.25, 0.3) is 10.9 Å². The zero-order valence-electron chi connectivity index (χ0n) is 9.39. The van der Waals surface area contributed by atoms with E-state index in [4.69, 9.17) is 15.4 Å². The second kappa shape index (κ2) is 5.40. The van der Waals surface area contributed by atoms with Gasteiger partial charge in [0.15, 0.2) is 5.84 Å². The number of nitro groups is 1. The number of hydrogen-bond acceptors (Lipinski definition) is 7. The van der Waals surface area contributed by atoms with Crippen LogP contribution in [0.2, 0.25) is 0 Å². The van der Waals surface area contributed by atoms with E-state index in [1.165, 1.54) is 30.7 Å². The maximum atomic E-state index is 10.7. The van der Waals surface area contributed by atoms with Gasteiger partial charge in [-0.05, 0) is 17.8 Å². The summed E-state index contributed by atoms with van der Waals surface area (Å²) in [6.07, 6.45) is 2.87. The van der Waals surface area contributed by atoms with Gasteiger partial charge in [0.2, 0.25) is 0 Å². The number of nitrogens with two attached hydrogens (primary N) is 1. The molecule has 1 heterocycles. The molecule has 0 saturated carbocycles. The van der Waals surface area contributed by atoms with Crippen molar-refractivity contribution in [1.29, 1.82) is 0 Å². The predicted molar refractivity (Wildman–Crippen MR) is 66.2 cm³/mol. The summed E-state index contributed by atoms with van der Waals surface area (Å²) in [5, 5.41) is 22.6. The van der Waals surface area contributed by atoms with Crippen LogP contribution in [0.3, 0.4) is 0 Å². The fourth-order valence-corrected chi connectivity index (χ4v) is 2.14. The van der Waals surface area contributed by atoms with Crippen LogP contribution in [0.25, 0.3) is 0 Å². The van der Waals surface area contributed by atoms with Crippen LogP contribution in [-0.2, 0) is 0 Å². The van der Waals surface area contributed by atoms with Crippen molar-refractivity contribution in [2.24, 2.45) is 10.9 Å². The van der Waals surface area contributed by atoms with E-state index in [2.05, 4.69) is 10.1 Å². The number of oxime groups is 1. The van der Waals surface area contributed by atoms with Gasteiger partial charge in [-0.1, -0.05) is 5.16 Å². The van der Waals surface area contributed by atoms with E-state index in [9.17, 15) is 10.1 Å². The van der Waals surface area contributed by atoms with Gasteiger partial charge in [0.1, 0.15) is 6.26 Å². The first-order chi connectivity index (χ1) is 9.11. The number of nitrogens with zero attached hydrogens (tertiary/aromatic N) is 3. The Bertz CT molecular complexity index is 626. The van der Waals surface area contributed by atoms with Crippen molar-refractivity contribution in [2.45, 2.75) is 10.1 Å². The highest BCUT2D eigenvalue weighted by Crippen LogP contribution is 2.31. The zero-order chi connectivity index (χ0) is 13.8. The van der Waals surface area contributed by atoms with E-state index >= 15 is 0 Å². The predicted octanol–water partition coefficient (Wildman–Crippen LogP) is 1.83. The first kappa shape index (κ1) is 12.9. The van der Waals surface area contributed by atoms with Crippen LogP contribution >= 0.6 is 11.8 Å². The normalized spacial score (nSPS) is 11.5. The lowest BCUT2D eigenvalue weighted by atomic mass is 10.2. The lowest BCUT2D eigenvalue weighted by Crippen LogP contribution is -2.14. The average molecular weight is 280 g/mol. The molecule has 0 spiro atoms. The second-order valence-electron chi connectivity index (χ2n) is 3.32. The summed E-state index contributed by atoms with van der Waals surface area (Å²) in [5.74, 6) is -0.224. The topological polar surface area (TPSA) is 128 Å². The Morgan fingerprint density at radius 1 is 1.58 bits per heavy atom. The van der Waals surface area contributed by atoms with Gasteiger partial charge >= 0.3 is 0 Å². The number of benzene rings is 1. The minimum absolute atomic E-state index is 0.154. The minimum atomic E-state index is -0.562. The summed E-state index contributed by atoms with van der Waals surface area (Å²) in [6, 6.07) is 4.03. The maximum Gasteiger partial charge on any atom is 0.270 e. The molecular weight excluding hydrogens is 272 g/mol. The van der Waals surface area contributed by atoms with Crippen molar-refractivity contribution in [3.8, 4) is 0 Å². The monoisotopic (exact) mass is 280 g/mol. The van der Waals surface area contributed by atoms with Crippen molar-refractivity contribution >= 4 is 23.3 Å². The number of nitro benzene ring substituents is 1. The van der Waals surface area contributed by atoms with E-state index in [0.29, 0.717) is 10.1 Å².